The summed E-state index contributed by atoms with van der Waals surface area (Å²) in [5.74, 6) is 0.685. The Morgan fingerprint density at radius 3 is 2.73 bits per heavy atom. The molecule has 0 saturated heterocycles. The molecule has 1 aliphatic heterocycles. The van der Waals surface area contributed by atoms with Gasteiger partial charge in [-0.2, -0.15) is 0 Å². The van der Waals surface area contributed by atoms with E-state index in [1.165, 1.54) is 0 Å². The number of hydrogen-bond donors (Lipinski definition) is 2. The average molecular weight is 402 g/mol. The van der Waals surface area contributed by atoms with Crippen LogP contribution in [0.5, 0.6) is 5.75 Å². The molecule has 1 fully saturated rings. The summed E-state index contributed by atoms with van der Waals surface area (Å²) >= 11 is 0. The zero-order valence-electron chi connectivity index (χ0n) is 16.6. The Hall–Kier alpha value is -3.61. The third-order valence-electron chi connectivity index (χ3n) is 5.60. The van der Waals surface area contributed by atoms with Gasteiger partial charge in [-0.25, -0.2) is 0 Å². The van der Waals surface area contributed by atoms with Crippen LogP contribution in [0.25, 0.3) is 11.3 Å². The molecule has 1 aliphatic carbocycles. The van der Waals surface area contributed by atoms with E-state index >= 15 is 0 Å². The lowest BCUT2D eigenvalue weighted by molar-refractivity contribution is -0.132. The Labute approximate surface area is 174 Å². The molecule has 5 rings (SSSR count). The number of amides is 1. The minimum atomic E-state index is -0.0702. The lowest BCUT2D eigenvalue weighted by Crippen LogP contribution is -2.40. The molecule has 0 radical (unpaired) electrons. The summed E-state index contributed by atoms with van der Waals surface area (Å²) in [6.45, 7) is 0.504. The molecule has 1 saturated carbocycles. The van der Waals surface area contributed by atoms with E-state index in [1.54, 1.807) is 24.4 Å². The fraction of sp³-hybridized carbons (Fsp3) is 0.261. The van der Waals surface area contributed by atoms with Crippen LogP contribution in [-0.4, -0.2) is 40.2 Å². The summed E-state index contributed by atoms with van der Waals surface area (Å²) in [4.78, 5) is 34.9. The molecule has 0 unspecified atom stereocenters. The first-order valence-corrected chi connectivity index (χ1v) is 10.0. The molecule has 7 heteroatoms. The number of carbonyl (C=O) groups excluding carboxylic acids is 2. The second-order valence-corrected chi connectivity index (χ2v) is 7.69. The predicted molar refractivity (Wildman–Crippen MR) is 113 cm³/mol. The standard InChI is InChI=1S/C23H22N4O3/c1-30-19-11-24-10-9-16(19)21-22(25-15-5-3-2-4-6-15)20-17(26-21)12-27(13-18(20)28)23(29)14-7-8-14/h2-6,9-11,14,25-26H,7-8,12-13H2,1H3. The number of anilines is 2. The molecular formula is C23H22N4O3. The van der Waals surface area contributed by atoms with E-state index < -0.39 is 0 Å². The number of rotatable bonds is 5. The van der Waals surface area contributed by atoms with E-state index in [1.807, 2.05) is 36.4 Å². The normalized spacial score (nSPS) is 15.6. The van der Waals surface area contributed by atoms with Crippen molar-refractivity contribution in [3.8, 4) is 17.0 Å². The molecule has 1 amide bonds. The molecule has 7 nitrogen and oxygen atoms in total. The van der Waals surface area contributed by atoms with Crippen molar-refractivity contribution in [1.82, 2.24) is 14.9 Å². The number of Topliss-reactive ketones (excluding diaryl/α,β-unsaturated/α-hetero) is 1. The number of aromatic amines is 1. The number of para-hydroxylation sites is 1. The van der Waals surface area contributed by atoms with E-state index in [-0.39, 0.29) is 24.2 Å². The maximum Gasteiger partial charge on any atom is 0.226 e. The first-order chi connectivity index (χ1) is 14.7. The van der Waals surface area contributed by atoms with Crippen LogP contribution < -0.4 is 10.1 Å². The van der Waals surface area contributed by atoms with Crippen LogP contribution in [0.4, 0.5) is 11.4 Å². The third kappa shape index (κ3) is 3.22. The zero-order chi connectivity index (χ0) is 20.7. The Morgan fingerprint density at radius 1 is 1.20 bits per heavy atom. The summed E-state index contributed by atoms with van der Waals surface area (Å²) in [6, 6.07) is 11.6. The van der Waals surface area contributed by atoms with E-state index in [0.717, 1.165) is 35.5 Å². The molecule has 2 aromatic heterocycles. The monoisotopic (exact) mass is 402 g/mol. The number of aromatic nitrogens is 2. The van der Waals surface area contributed by atoms with Gasteiger partial charge in [-0.3, -0.25) is 14.6 Å². The molecular weight excluding hydrogens is 380 g/mol. The van der Waals surface area contributed by atoms with Crippen molar-refractivity contribution in [3.05, 3.63) is 60.0 Å². The molecule has 0 spiro atoms. The van der Waals surface area contributed by atoms with Crippen LogP contribution in [0.2, 0.25) is 0 Å². The second-order valence-electron chi connectivity index (χ2n) is 7.69. The number of nitrogens with one attached hydrogen (secondary N) is 2. The number of fused-ring (bicyclic) bond motifs is 1. The van der Waals surface area contributed by atoms with Gasteiger partial charge in [0, 0.05) is 29.1 Å². The minimum absolute atomic E-state index is 0.0702. The van der Waals surface area contributed by atoms with Gasteiger partial charge in [0.15, 0.2) is 5.78 Å². The fourth-order valence-corrected chi connectivity index (χ4v) is 3.96. The maximum absolute atomic E-state index is 13.2. The van der Waals surface area contributed by atoms with Gasteiger partial charge < -0.3 is 19.9 Å². The number of ether oxygens (including phenoxy) is 1. The van der Waals surface area contributed by atoms with Crippen molar-refractivity contribution in [1.29, 1.82) is 0 Å². The van der Waals surface area contributed by atoms with Crippen molar-refractivity contribution >= 4 is 23.1 Å². The SMILES string of the molecule is COc1cnccc1-c1[nH]c2c(c1Nc1ccccc1)C(=O)CN(C(=O)C1CC1)C2. The summed E-state index contributed by atoms with van der Waals surface area (Å²) in [5.41, 5.74) is 4.47. The Balaban J connectivity index is 1.62. The van der Waals surface area contributed by atoms with Gasteiger partial charge in [0.2, 0.25) is 5.91 Å². The molecule has 1 aromatic carbocycles. The van der Waals surface area contributed by atoms with Gasteiger partial charge in [0.25, 0.3) is 0 Å². The number of nitrogens with zero attached hydrogens (tertiary/aromatic N) is 2. The number of carbonyl (C=O) groups is 2. The van der Waals surface area contributed by atoms with Crippen molar-refractivity contribution < 1.29 is 14.3 Å². The van der Waals surface area contributed by atoms with Crippen LogP contribution >= 0.6 is 0 Å². The average Bonchev–Trinajstić information content (AvgIpc) is 3.56. The number of methoxy groups -OCH3 is 1. The van der Waals surface area contributed by atoms with Crippen molar-refractivity contribution in [2.75, 3.05) is 19.0 Å². The second kappa shape index (κ2) is 7.33. The molecule has 2 aliphatic rings. The summed E-state index contributed by atoms with van der Waals surface area (Å²) in [5, 5.41) is 3.41. The summed E-state index contributed by atoms with van der Waals surface area (Å²) in [7, 11) is 1.59. The van der Waals surface area contributed by atoms with Gasteiger partial charge in [-0.05, 0) is 31.0 Å². The first kappa shape index (κ1) is 18.4. The number of pyridine rings is 1. The Kier molecular flexibility index (Phi) is 4.50. The van der Waals surface area contributed by atoms with Crippen molar-refractivity contribution in [3.63, 3.8) is 0 Å². The highest BCUT2D eigenvalue weighted by atomic mass is 16.5. The van der Waals surface area contributed by atoms with Gasteiger partial charge in [0.1, 0.15) is 5.75 Å². The van der Waals surface area contributed by atoms with Gasteiger partial charge in [-0.15, -0.1) is 0 Å². The number of H-pyrrole nitrogens is 1. The summed E-state index contributed by atoms with van der Waals surface area (Å²) < 4.78 is 5.50. The quantitative estimate of drug-likeness (QED) is 0.678. The highest BCUT2D eigenvalue weighted by molar-refractivity contribution is 6.09. The van der Waals surface area contributed by atoms with Crippen LogP contribution in [0.1, 0.15) is 28.9 Å². The fourth-order valence-electron chi connectivity index (χ4n) is 3.96. The smallest absolute Gasteiger partial charge is 0.226 e. The molecule has 30 heavy (non-hydrogen) atoms. The first-order valence-electron chi connectivity index (χ1n) is 10.0. The van der Waals surface area contributed by atoms with E-state index in [2.05, 4.69) is 15.3 Å². The van der Waals surface area contributed by atoms with Crippen LogP contribution in [0.15, 0.2) is 48.8 Å². The number of benzene rings is 1. The molecule has 152 valence electrons. The van der Waals surface area contributed by atoms with Gasteiger partial charge in [0.05, 0.1) is 43.3 Å². The van der Waals surface area contributed by atoms with Crippen LogP contribution in [0.3, 0.4) is 0 Å². The number of ketones is 1. The van der Waals surface area contributed by atoms with E-state index in [0.29, 0.717) is 23.5 Å². The largest absolute Gasteiger partial charge is 0.494 e. The predicted octanol–water partition coefficient (Wildman–Crippen LogP) is 3.76. The lowest BCUT2D eigenvalue weighted by atomic mass is 10.0. The highest BCUT2D eigenvalue weighted by Gasteiger charge is 2.38. The summed E-state index contributed by atoms with van der Waals surface area (Å²) in [6.07, 6.45) is 5.17. The highest BCUT2D eigenvalue weighted by Crippen LogP contribution is 2.41. The molecule has 3 heterocycles. The lowest BCUT2D eigenvalue weighted by Gasteiger charge is -2.26. The molecule has 0 bridgehead atoms. The van der Waals surface area contributed by atoms with Crippen LogP contribution in [0, 0.1) is 5.92 Å². The minimum Gasteiger partial charge on any atom is -0.494 e. The van der Waals surface area contributed by atoms with Gasteiger partial charge >= 0.3 is 0 Å². The maximum atomic E-state index is 13.2. The van der Waals surface area contributed by atoms with E-state index in [9.17, 15) is 9.59 Å². The Morgan fingerprint density at radius 2 is 2.00 bits per heavy atom. The molecule has 0 atom stereocenters. The molecule has 2 N–H and O–H groups in total. The molecule has 3 aromatic rings. The topological polar surface area (TPSA) is 87.3 Å². The zero-order valence-corrected chi connectivity index (χ0v) is 16.6. The number of hydrogen-bond acceptors (Lipinski definition) is 5. The van der Waals surface area contributed by atoms with Crippen molar-refractivity contribution in [2.24, 2.45) is 5.92 Å². The Bertz CT molecular complexity index is 1120. The van der Waals surface area contributed by atoms with Crippen LogP contribution in [-0.2, 0) is 11.3 Å². The van der Waals surface area contributed by atoms with Gasteiger partial charge in [-0.1, -0.05) is 18.2 Å². The van der Waals surface area contributed by atoms with Crippen molar-refractivity contribution in [2.45, 2.75) is 19.4 Å². The third-order valence-corrected chi connectivity index (χ3v) is 5.60. The van der Waals surface area contributed by atoms with E-state index in [4.69, 9.17) is 4.74 Å².